The molecular weight excluding hydrogens is 270 g/mol. The fraction of sp³-hybridized carbons (Fsp3) is 0.500. The Morgan fingerprint density at radius 2 is 2.31 bits per heavy atom. The quantitative estimate of drug-likeness (QED) is 0.827. The second-order valence-corrected chi connectivity index (χ2v) is 4.84. The van der Waals surface area contributed by atoms with Crippen LogP contribution in [-0.2, 0) is 0 Å². The fourth-order valence-electron chi connectivity index (χ4n) is 1.45. The Labute approximate surface area is 102 Å². The Morgan fingerprint density at radius 3 is 3.12 bits per heavy atom. The lowest BCUT2D eigenvalue weighted by Crippen LogP contribution is -2.09. The molecule has 86 valence electrons. The number of anilines is 1. The number of nitrogens with one attached hydrogen (secondary N) is 2. The zero-order valence-electron chi connectivity index (χ0n) is 9.07. The number of halogens is 1. The third kappa shape index (κ3) is 2.49. The molecule has 16 heavy (non-hydrogen) atoms. The van der Waals surface area contributed by atoms with E-state index in [9.17, 15) is 0 Å². The number of alkyl halides is 1. The van der Waals surface area contributed by atoms with Crippen LogP contribution in [0.3, 0.4) is 0 Å². The molecule has 0 aliphatic heterocycles. The van der Waals surface area contributed by atoms with Gasteiger partial charge >= 0.3 is 0 Å². The van der Waals surface area contributed by atoms with E-state index in [1.165, 1.54) is 6.33 Å². The summed E-state index contributed by atoms with van der Waals surface area (Å²) < 4.78 is 0. The highest BCUT2D eigenvalue weighted by Crippen LogP contribution is 2.15. The highest BCUT2D eigenvalue weighted by molar-refractivity contribution is 9.09. The number of aromatic amines is 1. The van der Waals surface area contributed by atoms with Crippen LogP contribution in [0.2, 0.25) is 0 Å². The Bertz CT molecular complexity index is 455. The Kier molecular flexibility index (Phi) is 3.71. The van der Waals surface area contributed by atoms with Gasteiger partial charge < -0.3 is 10.3 Å². The summed E-state index contributed by atoms with van der Waals surface area (Å²) in [5.74, 6) is 0.818. The molecule has 0 amide bonds. The van der Waals surface area contributed by atoms with E-state index in [-0.39, 0.29) is 0 Å². The SMILES string of the molecule is CCC(Br)CCNc1ncnc2nc[nH]c12. The van der Waals surface area contributed by atoms with Gasteiger partial charge in [-0.25, -0.2) is 15.0 Å². The van der Waals surface area contributed by atoms with Crippen LogP contribution in [0.15, 0.2) is 12.7 Å². The topological polar surface area (TPSA) is 66.5 Å². The molecule has 2 rings (SSSR count). The van der Waals surface area contributed by atoms with E-state index in [4.69, 9.17) is 0 Å². The van der Waals surface area contributed by atoms with E-state index in [0.29, 0.717) is 10.5 Å². The lowest BCUT2D eigenvalue weighted by molar-refractivity contribution is 0.773. The van der Waals surface area contributed by atoms with Crippen molar-refractivity contribution in [2.24, 2.45) is 0 Å². The highest BCUT2D eigenvalue weighted by atomic mass is 79.9. The summed E-state index contributed by atoms with van der Waals surface area (Å²) in [6.07, 6.45) is 5.35. The van der Waals surface area contributed by atoms with Crippen molar-refractivity contribution in [2.75, 3.05) is 11.9 Å². The second-order valence-electron chi connectivity index (χ2n) is 3.54. The van der Waals surface area contributed by atoms with Gasteiger partial charge in [-0.3, -0.25) is 0 Å². The minimum Gasteiger partial charge on any atom is -0.368 e. The summed E-state index contributed by atoms with van der Waals surface area (Å²) in [5.41, 5.74) is 1.56. The van der Waals surface area contributed by atoms with Gasteiger partial charge in [-0.2, -0.15) is 0 Å². The van der Waals surface area contributed by atoms with E-state index in [1.54, 1.807) is 6.33 Å². The Morgan fingerprint density at radius 1 is 1.44 bits per heavy atom. The van der Waals surface area contributed by atoms with Crippen LogP contribution in [0.4, 0.5) is 5.82 Å². The number of aromatic nitrogens is 4. The molecule has 0 aliphatic carbocycles. The smallest absolute Gasteiger partial charge is 0.182 e. The first kappa shape index (κ1) is 11.3. The lowest BCUT2D eigenvalue weighted by atomic mass is 10.2. The molecule has 2 N–H and O–H groups in total. The molecule has 0 bridgehead atoms. The van der Waals surface area contributed by atoms with Gasteiger partial charge in [-0.05, 0) is 12.8 Å². The number of nitrogens with zero attached hydrogens (tertiary/aromatic N) is 3. The van der Waals surface area contributed by atoms with Gasteiger partial charge in [0.15, 0.2) is 11.5 Å². The number of hydrogen-bond acceptors (Lipinski definition) is 4. The van der Waals surface area contributed by atoms with E-state index in [1.807, 2.05) is 0 Å². The number of hydrogen-bond donors (Lipinski definition) is 2. The fourth-order valence-corrected chi connectivity index (χ4v) is 1.68. The van der Waals surface area contributed by atoms with Crippen molar-refractivity contribution in [1.29, 1.82) is 0 Å². The standard InChI is InChI=1S/C10H14BrN5/c1-2-7(11)3-4-12-9-8-10(14-5-13-8)16-6-15-9/h5-7H,2-4H2,1H3,(H2,12,13,14,15,16). The largest absolute Gasteiger partial charge is 0.368 e. The highest BCUT2D eigenvalue weighted by Gasteiger charge is 2.05. The molecule has 0 spiro atoms. The molecule has 5 nitrogen and oxygen atoms in total. The monoisotopic (exact) mass is 283 g/mol. The van der Waals surface area contributed by atoms with Crippen molar-refractivity contribution in [2.45, 2.75) is 24.6 Å². The molecule has 2 aromatic heterocycles. The predicted octanol–water partition coefficient (Wildman–Crippen LogP) is 2.33. The van der Waals surface area contributed by atoms with Gasteiger partial charge in [0.25, 0.3) is 0 Å². The zero-order chi connectivity index (χ0) is 11.4. The molecule has 1 unspecified atom stereocenters. The van der Waals surface area contributed by atoms with Crippen molar-refractivity contribution in [3.05, 3.63) is 12.7 Å². The molecule has 0 aliphatic rings. The second kappa shape index (κ2) is 5.25. The van der Waals surface area contributed by atoms with E-state index >= 15 is 0 Å². The van der Waals surface area contributed by atoms with Crippen LogP contribution < -0.4 is 5.32 Å². The number of rotatable bonds is 5. The number of fused-ring (bicyclic) bond motifs is 1. The molecule has 2 aromatic rings. The van der Waals surface area contributed by atoms with Crippen LogP contribution in [0.25, 0.3) is 11.2 Å². The van der Waals surface area contributed by atoms with Crippen LogP contribution in [0.5, 0.6) is 0 Å². The van der Waals surface area contributed by atoms with Gasteiger partial charge in [-0.1, -0.05) is 22.9 Å². The molecule has 0 fully saturated rings. The van der Waals surface area contributed by atoms with Gasteiger partial charge in [0.2, 0.25) is 0 Å². The van der Waals surface area contributed by atoms with Crippen molar-refractivity contribution < 1.29 is 0 Å². The minimum atomic E-state index is 0.555. The first-order valence-electron chi connectivity index (χ1n) is 5.33. The minimum absolute atomic E-state index is 0.555. The van der Waals surface area contributed by atoms with E-state index < -0.39 is 0 Å². The van der Waals surface area contributed by atoms with Crippen molar-refractivity contribution in [3.63, 3.8) is 0 Å². The zero-order valence-corrected chi connectivity index (χ0v) is 10.7. The molecule has 6 heteroatoms. The van der Waals surface area contributed by atoms with Crippen LogP contribution in [0.1, 0.15) is 19.8 Å². The van der Waals surface area contributed by atoms with Gasteiger partial charge in [0.1, 0.15) is 11.8 Å². The van der Waals surface area contributed by atoms with Crippen molar-refractivity contribution in [1.82, 2.24) is 19.9 Å². The van der Waals surface area contributed by atoms with Crippen molar-refractivity contribution >= 4 is 32.9 Å². The average Bonchev–Trinajstić information content (AvgIpc) is 2.77. The first-order chi connectivity index (χ1) is 7.81. The van der Waals surface area contributed by atoms with E-state index in [0.717, 1.165) is 30.7 Å². The number of imidazole rings is 1. The third-order valence-corrected chi connectivity index (χ3v) is 3.52. The molecule has 1 atom stereocenters. The third-order valence-electron chi connectivity index (χ3n) is 2.42. The van der Waals surface area contributed by atoms with Crippen LogP contribution in [-0.4, -0.2) is 31.3 Å². The lowest BCUT2D eigenvalue weighted by Gasteiger charge is -2.08. The maximum Gasteiger partial charge on any atom is 0.182 e. The van der Waals surface area contributed by atoms with Crippen LogP contribution >= 0.6 is 15.9 Å². The Balaban J connectivity index is 2.01. The summed E-state index contributed by atoms with van der Waals surface area (Å²) in [6, 6.07) is 0. The van der Waals surface area contributed by atoms with Gasteiger partial charge in [0.05, 0.1) is 6.33 Å². The summed E-state index contributed by atoms with van der Waals surface area (Å²) >= 11 is 3.60. The maximum atomic E-state index is 4.19. The predicted molar refractivity (Wildman–Crippen MR) is 67.8 cm³/mol. The summed E-state index contributed by atoms with van der Waals surface area (Å²) in [6.45, 7) is 3.05. The van der Waals surface area contributed by atoms with Crippen molar-refractivity contribution in [3.8, 4) is 0 Å². The normalized spacial score (nSPS) is 12.9. The van der Waals surface area contributed by atoms with Gasteiger partial charge in [0, 0.05) is 11.4 Å². The molecule has 0 saturated carbocycles. The van der Waals surface area contributed by atoms with Crippen LogP contribution in [0, 0.1) is 0 Å². The molecule has 2 heterocycles. The molecule has 0 aromatic carbocycles. The average molecular weight is 284 g/mol. The summed E-state index contributed by atoms with van der Waals surface area (Å²) in [7, 11) is 0. The summed E-state index contributed by atoms with van der Waals surface area (Å²) in [5, 5.41) is 3.29. The van der Waals surface area contributed by atoms with E-state index in [2.05, 4.69) is 48.1 Å². The molecule has 0 radical (unpaired) electrons. The van der Waals surface area contributed by atoms with Gasteiger partial charge in [-0.15, -0.1) is 0 Å². The summed E-state index contributed by atoms with van der Waals surface area (Å²) in [4.78, 5) is 15.9. The Hall–Kier alpha value is -1.17. The molecule has 0 saturated heterocycles. The first-order valence-corrected chi connectivity index (χ1v) is 6.25. The maximum absolute atomic E-state index is 4.19. The molecular formula is C10H14BrN5. The number of H-pyrrole nitrogens is 1.